The van der Waals surface area contributed by atoms with Crippen LogP contribution < -0.4 is 5.32 Å². The van der Waals surface area contributed by atoms with Crippen molar-refractivity contribution >= 4 is 11.8 Å². The molecule has 6 heteroatoms. The molecule has 2 heterocycles. The normalized spacial score (nSPS) is 18.6. The summed E-state index contributed by atoms with van der Waals surface area (Å²) in [6.07, 6.45) is 2.92. The Labute approximate surface area is 180 Å². The lowest BCUT2D eigenvalue weighted by molar-refractivity contribution is -0.127. The van der Waals surface area contributed by atoms with E-state index >= 15 is 0 Å². The van der Waals surface area contributed by atoms with E-state index in [0.717, 1.165) is 11.1 Å². The number of halogens is 1. The number of hydrogen-bond donors (Lipinski definition) is 1. The molecule has 2 unspecified atom stereocenters. The lowest BCUT2D eigenvalue weighted by Crippen LogP contribution is -2.46. The highest BCUT2D eigenvalue weighted by atomic mass is 19.1. The van der Waals surface area contributed by atoms with E-state index < -0.39 is 0 Å². The van der Waals surface area contributed by atoms with Gasteiger partial charge in [-0.2, -0.15) is 0 Å². The van der Waals surface area contributed by atoms with E-state index in [4.69, 9.17) is 4.42 Å². The number of benzene rings is 2. The molecular formula is C25H25FN2O3. The van der Waals surface area contributed by atoms with Gasteiger partial charge in [-0.15, -0.1) is 0 Å². The van der Waals surface area contributed by atoms with Gasteiger partial charge in [0.2, 0.25) is 5.91 Å². The summed E-state index contributed by atoms with van der Waals surface area (Å²) in [4.78, 5) is 27.9. The molecule has 1 aromatic heterocycles. The number of aryl methyl sites for hydroxylation is 1. The van der Waals surface area contributed by atoms with E-state index in [9.17, 15) is 14.0 Å². The summed E-state index contributed by atoms with van der Waals surface area (Å²) in [6, 6.07) is 17.1. The molecule has 1 fully saturated rings. The molecule has 1 aliphatic rings. The molecule has 3 aromatic rings. The fourth-order valence-corrected chi connectivity index (χ4v) is 4.12. The van der Waals surface area contributed by atoms with E-state index in [1.807, 2.05) is 25.1 Å². The standard InChI is InChI=1S/C25H25FN2O3/c1-17-4-2-5-19(14-17)23-12-9-20(24(29)27-15-22-6-3-13-31-22)16-28(23)25(30)18-7-10-21(26)11-8-18/h2-8,10-11,13-14,20,23H,9,12,15-16H2,1H3,(H,27,29). The van der Waals surface area contributed by atoms with E-state index in [1.54, 1.807) is 23.3 Å². The highest BCUT2D eigenvalue weighted by molar-refractivity contribution is 5.95. The average molecular weight is 420 g/mol. The third-order valence-corrected chi connectivity index (χ3v) is 5.75. The number of furan rings is 1. The fraction of sp³-hybridized carbons (Fsp3) is 0.280. The highest BCUT2D eigenvalue weighted by Crippen LogP contribution is 2.35. The monoisotopic (exact) mass is 420 g/mol. The summed E-state index contributed by atoms with van der Waals surface area (Å²) in [6.45, 7) is 2.64. The Hall–Kier alpha value is -3.41. The Morgan fingerprint density at radius 2 is 1.90 bits per heavy atom. The lowest BCUT2D eigenvalue weighted by atomic mass is 9.87. The van der Waals surface area contributed by atoms with Crippen LogP contribution in [0.4, 0.5) is 4.39 Å². The molecule has 0 aliphatic carbocycles. The van der Waals surface area contributed by atoms with Crippen molar-refractivity contribution < 1.29 is 18.4 Å². The molecular weight excluding hydrogens is 395 g/mol. The third-order valence-electron chi connectivity index (χ3n) is 5.75. The van der Waals surface area contributed by atoms with Crippen molar-refractivity contribution in [3.05, 3.63) is 95.2 Å². The Morgan fingerprint density at radius 3 is 2.61 bits per heavy atom. The average Bonchev–Trinajstić information content (AvgIpc) is 3.31. The summed E-state index contributed by atoms with van der Waals surface area (Å²) >= 11 is 0. The van der Waals surface area contributed by atoms with Crippen LogP contribution >= 0.6 is 0 Å². The van der Waals surface area contributed by atoms with Crippen molar-refractivity contribution in [2.24, 2.45) is 5.92 Å². The van der Waals surface area contributed by atoms with Gasteiger partial charge in [-0.05, 0) is 61.7 Å². The molecule has 31 heavy (non-hydrogen) atoms. The number of carbonyl (C=O) groups is 2. The van der Waals surface area contributed by atoms with Crippen LogP contribution in [0.3, 0.4) is 0 Å². The molecule has 1 N–H and O–H groups in total. The Kier molecular flexibility index (Phi) is 6.16. The second-order valence-electron chi connectivity index (χ2n) is 7.97. The summed E-state index contributed by atoms with van der Waals surface area (Å²) in [7, 11) is 0. The molecule has 0 saturated carbocycles. The molecule has 160 valence electrons. The largest absolute Gasteiger partial charge is 0.467 e. The second kappa shape index (κ2) is 9.16. The number of amides is 2. The van der Waals surface area contributed by atoms with Crippen molar-refractivity contribution in [2.75, 3.05) is 6.54 Å². The zero-order valence-electron chi connectivity index (χ0n) is 17.4. The summed E-state index contributed by atoms with van der Waals surface area (Å²) in [5, 5.41) is 2.90. The minimum absolute atomic E-state index is 0.101. The number of piperidine rings is 1. The van der Waals surface area contributed by atoms with Gasteiger partial charge in [-0.25, -0.2) is 4.39 Å². The van der Waals surface area contributed by atoms with Crippen LogP contribution in [0.25, 0.3) is 0 Å². The van der Waals surface area contributed by atoms with Crippen molar-refractivity contribution in [3.8, 4) is 0 Å². The molecule has 2 atom stereocenters. The Bertz CT molecular complexity index is 1050. The van der Waals surface area contributed by atoms with E-state index in [2.05, 4.69) is 11.4 Å². The maximum atomic E-state index is 13.4. The third kappa shape index (κ3) is 4.85. The Morgan fingerprint density at radius 1 is 1.10 bits per heavy atom. The summed E-state index contributed by atoms with van der Waals surface area (Å²) in [5.41, 5.74) is 2.57. The van der Waals surface area contributed by atoms with Gasteiger partial charge in [0.05, 0.1) is 24.8 Å². The smallest absolute Gasteiger partial charge is 0.254 e. The summed E-state index contributed by atoms with van der Waals surface area (Å²) < 4.78 is 18.6. The van der Waals surface area contributed by atoms with E-state index in [1.165, 1.54) is 24.3 Å². The first-order valence-corrected chi connectivity index (χ1v) is 10.4. The van der Waals surface area contributed by atoms with Crippen LogP contribution in [0.1, 0.15) is 46.1 Å². The number of rotatable bonds is 5. The molecule has 0 spiro atoms. The molecule has 0 bridgehead atoms. The molecule has 2 aromatic carbocycles. The second-order valence-corrected chi connectivity index (χ2v) is 7.97. The fourth-order valence-electron chi connectivity index (χ4n) is 4.12. The maximum Gasteiger partial charge on any atom is 0.254 e. The van der Waals surface area contributed by atoms with Gasteiger partial charge in [0.25, 0.3) is 5.91 Å². The van der Waals surface area contributed by atoms with Crippen LogP contribution in [-0.2, 0) is 11.3 Å². The van der Waals surface area contributed by atoms with Crippen LogP contribution in [0.15, 0.2) is 71.3 Å². The predicted octanol–water partition coefficient (Wildman–Crippen LogP) is 4.64. The SMILES string of the molecule is Cc1cccc(C2CCC(C(=O)NCc3ccco3)CN2C(=O)c2ccc(F)cc2)c1. The molecule has 5 nitrogen and oxygen atoms in total. The van der Waals surface area contributed by atoms with Crippen molar-refractivity contribution in [3.63, 3.8) is 0 Å². The predicted molar refractivity (Wildman–Crippen MR) is 115 cm³/mol. The van der Waals surface area contributed by atoms with Crippen LogP contribution in [0, 0.1) is 18.7 Å². The summed E-state index contributed by atoms with van der Waals surface area (Å²) in [5.74, 6) is -0.326. The zero-order valence-corrected chi connectivity index (χ0v) is 17.4. The maximum absolute atomic E-state index is 13.4. The lowest BCUT2D eigenvalue weighted by Gasteiger charge is -2.39. The van der Waals surface area contributed by atoms with Crippen LogP contribution in [0.5, 0.6) is 0 Å². The quantitative estimate of drug-likeness (QED) is 0.654. The van der Waals surface area contributed by atoms with E-state index in [-0.39, 0.29) is 29.6 Å². The minimum Gasteiger partial charge on any atom is -0.467 e. The molecule has 2 amide bonds. The van der Waals surface area contributed by atoms with Gasteiger partial charge in [0.15, 0.2) is 0 Å². The van der Waals surface area contributed by atoms with Crippen molar-refractivity contribution in [2.45, 2.75) is 32.4 Å². The first-order chi connectivity index (χ1) is 15.0. The number of likely N-dealkylation sites (tertiary alicyclic amines) is 1. The Balaban J connectivity index is 1.55. The molecule has 4 rings (SSSR count). The van der Waals surface area contributed by atoms with E-state index in [0.29, 0.717) is 37.3 Å². The van der Waals surface area contributed by atoms with Gasteiger partial charge >= 0.3 is 0 Å². The van der Waals surface area contributed by atoms with Crippen molar-refractivity contribution in [1.82, 2.24) is 10.2 Å². The van der Waals surface area contributed by atoms with Gasteiger partial charge < -0.3 is 14.6 Å². The minimum atomic E-state index is -0.388. The number of nitrogens with zero attached hydrogens (tertiary/aromatic N) is 1. The van der Waals surface area contributed by atoms with Crippen LogP contribution in [0.2, 0.25) is 0 Å². The number of nitrogens with one attached hydrogen (secondary N) is 1. The van der Waals surface area contributed by atoms with Crippen LogP contribution in [-0.4, -0.2) is 23.3 Å². The van der Waals surface area contributed by atoms with Gasteiger partial charge in [0.1, 0.15) is 11.6 Å². The first kappa shape index (κ1) is 20.8. The van der Waals surface area contributed by atoms with Gasteiger partial charge in [0, 0.05) is 12.1 Å². The molecule has 1 aliphatic heterocycles. The number of hydrogen-bond acceptors (Lipinski definition) is 3. The highest BCUT2D eigenvalue weighted by Gasteiger charge is 2.36. The number of carbonyl (C=O) groups excluding carboxylic acids is 2. The topological polar surface area (TPSA) is 62.6 Å². The molecule has 1 saturated heterocycles. The molecule has 0 radical (unpaired) electrons. The van der Waals surface area contributed by atoms with Crippen molar-refractivity contribution in [1.29, 1.82) is 0 Å². The zero-order chi connectivity index (χ0) is 21.8. The first-order valence-electron chi connectivity index (χ1n) is 10.4. The van der Waals surface area contributed by atoms with Gasteiger partial charge in [-0.3, -0.25) is 9.59 Å². The van der Waals surface area contributed by atoms with Gasteiger partial charge in [-0.1, -0.05) is 29.8 Å².